The zero-order valence-electron chi connectivity index (χ0n) is 13.1. The first-order chi connectivity index (χ1) is 11.2. The summed E-state index contributed by atoms with van der Waals surface area (Å²) in [4.78, 5) is 12.2. The number of anilines is 1. The Balaban J connectivity index is 2.25. The molecule has 124 valence electrons. The average Bonchev–Trinajstić information content (AvgIpc) is 2.49. The second kappa shape index (κ2) is 5.76. The van der Waals surface area contributed by atoms with Crippen molar-refractivity contribution in [1.82, 2.24) is 4.57 Å². The Morgan fingerprint density at radius 3 is 2.54 bits per heavy atom. The first kappa shape index (κ1) is 16.2. The first-order valence-corrected chi connectivity index (χ1v) is 9.01. The molecule has 0 unspecified atom stereocenters. The van der Waals surface area contributed by atoms with Crippen molar-refractivity contribution in [3.8, 4) is 11.1 Å². The van der Waals surface area contributed by atoms with Crippen molar-refractivity contribution in [2.24, 2.45) is 7.05 Å². The minimum absolute atomic E-state index is 0.275. The number of aryl methyl sites for hydroxylation is 1. The van der Waals surface area contributed by atoms with Gasteiger partial charge in [0.25, 0.3) is 5.56 Å². The third kappa shape index (κ3) is 3.16. The van der Waals surface area contributed by atoms with Crippen molar-refractivity contribution in [3.05, 3.63) is 64.8 Å². The molecular formula is C17H15FN2O3S. The number of hydrogen-bond donors (Lipinski definition) is 1. The molecule has 0 amide bonds. The van der Waals surface area contributed by atoms with E-state index < -0.39 is 15.8 Å². The van der Waals surface area contributed by atoms with Gasteiger partial charge in [-0.3, -0.25) is 9.52 Å². The second-order valence-electron chi connectivity index (χ2n) is 5.60. The maximum Gasteiger partial charge on any atom is 0.258 e. The van der Waals surface area contributed by atoms with Crippen LogP contribution in [0.4, 0.5) is 10.1 Å². The van der Waals surface area contributed by atoms with Crippen molar-refractivity contribution < 1.29 is 12.8 Å². The summed E-state index contributed by atoms with van der Waals surface area (Å²) in [5.41, 5.74) is 1.55. The lowest BCUT2D eigenvalue weighted by Gasteiger charge is -2.11. The van der Waals surface area contributed by atoms with E-state index in [0.29, 0.717) is 16.6 Å². The van der Waals surface area contributed by atoms with Crippen LogP contribution in [-0.2, 0) is 17.1 Å². The number of aromatic nitrogens is 1. The van der Waals surface area contributed by atoms with Gasteiger partial charge in [-0.2, -0.15) is 0 Å². The number of hydrogen-bond acceptors (Lipinski definition) is 3. The minimum Gasteiger partial charge on any atom is -0.317 e. The minimum atomic E-state index is -3.39. The molecule has 2 aromatic carbocycles. The van der Waals surface area contributed by atoms with E-state index in [0.717, 1.165) is 11.8 Å². The molecule has 5 nitrogen and oxygen atoms in total. The largest absolute Gasteiger partial charge is 0.317 e. The lowest BCUT2D eigenvalue weighted by molar-refractivity contribution is 0.607. The molecule has 0 spiro atoms. The van der Waals surface area contributed by atoms with Crippen LogP contribution in [0.3, 0.4) is 0 Å². The van der Waals surface area contributed by atoms with Gasteiger partial charge in [-0.25, -0.2) is 12.8 Å². The number of nitrogens with zero attached hydrogens (tertiary/aromatic N) is 1. The third-order valence-corrected chi connectivity index (χ3v) is 4.23. The van der Waals surface area contributed by atoms with E-state index in [1.54, 1.807) is 43.6 Å². The lowest BCUT2D eigenvalue weighted by Crippen LogP contribution is -2.16. The first-order valence-electron chi connectivity index (χ1n) is 7.12. The normalized spacial score (nSPS) is 11.6. The van der Waals surface area contributed by atoms with Crippen molar-refractivity contribution in [1.29, 1.82) is 0 Å². The van der Waals surface area contributed by atoms with E-state index in [9.17, 15) is 17.6 Å². The van der Waals surface area contributed by atoms with Gasteiger partial charge in [0.05, 0.1) is 11.6 Å². The summed E-state index contributed by atoms with van der Waals surface area (Å²) in [5, 5.41) is 0.882. The molecule has 3 rings (SSSR count). The van der Waals surface area contributed by atoms with Gasteiger partial charge in [-0.05, 0) is 35.2 Å². The Morgan fingerprint density at radius 1 is 1.08 bits per heavy atom. The zero-order chi connectivity index (χ0) is 17.5. The zero-order valence-corrected chi connectivity index (χ0v) is 13.9. The van der Waals surface area contributed by atoms with E-state index in [4.69, 9.17) is 0 Å². The summed E-state index contributed by atoms with van der Waals surface area (Å²) >= 11 is 0. The highest BCUT2D eigenvalue weighted by Gasteiger charge is 2.11. The summed E-state index contributed by atoms with van der Waals surface area (Å²) in [5.74, 6) is -0.482. The molecule has 0 saturated heterocycles. The molecule has 7 heteroatoms. The summed E-state index contributed by atoms with van der Waals surface area (Å²) in [6, 6.07) is 10.9. The number of fused-ring (bicyclic) bond motifs is 1. The molecule has 3 aromatic rings. The fourth-order valence-corrected chi connectivity index (χ4v) is 3.19. The fourth-order valence-electron chi connectivity index (χ4n) is 2.63. The maximum absolute atomic E-state index is 13.5. The number of rotatable bonds is 3. The molecule has 0 aliphatic rings. The molecule has 0 fully saturated rings. The smallest absolute Gasteiger partial charge is 0.258 e. The van der Waals surface area contributed by atoms with E-state index >= 15 is 0 Å². The molecule has 0 aliphatic heterocycles. The second-order valence-corrected chi connectivity index (χ2v) is 7.35. The predicted molar refractivity (Wildman–Crippen MR) is 93.0 cm³/mol. The van der Waals surface area contributed by atoms with Crippen LogP contribution < -0.4 is 10.3 Å². The van der Waals surface area contributed by atoms with Crippen LogP contribution in [-0.4, -0.2) is 19.2 Å². The van der Waals surface area contributed by atoms with Crippen LogP contribution in [0.1, 0.15) is 0 Å². The SMILES string of the molecule is Cn1cc(-c2cccc(NS(C)(=O)=O)c2)c2ccc(F)cc2c1=O. The van der Waals surface area contributed by atoms with E-state index in [-0.39, 0.29) is 10.9 Å². The number of nitrogens with one attached hydrogen (secondary N) is 1. The monoisotopic (exact) mass is 346 g/mol. The Labute approximate surface area is 138 Å². The topological polar surface area (TPSA) is 68.2 Å². The summed E-state index contributed by atoms with van der Waals surface area (Å²) in [7, 11) is -1.80. The predicted octanol–water partition coefficient (Wildman–Crippen LogP) is 2.72. The van der Waals surface area contributed by atoms with Crippen LogP contribution in [0, 0.1) is 5.82 Å². The van der Waals surface area contributed by atoms with Gasteiger partial charge in [0.1, 0.15) is 5.82 Å². The van der Waals surface area contributed by atoms with Gasteiger partial charge in [0.2, 0.25) is 10.0 Å². The summed E-state index contributed by atoms with van der Waals surface area (Å²) in [6.45, 7) is 0. The van der Waals surface area contributed by atoms with E-state index in [2.05, 4.69) is 4.72 Å². The highest BCUT2D eigenvalue weighted by Crippen LogP contribution is 2.29. The number of benzene rings is 2. The van der Waals surface area contributed by atoms with E-state index in [1.165, 1.54) is 16.7 Å². The summed E-state index contributed by atoms with van der Waals surface area (Å²) < 4.78 is 40.1. The van der Waals surface area contributed by atoms with Crippen LogP contribution in [0.2, 0.25) is 0 Å². The molecule has 0 atom stereocenters. The lowest BCUT2D eigenvalue weighted by atomic mass is 10.00. The van der Waals surface area contributed by atoms with Gasteiger partial charge in [-0.15, -0.1) is 0 Å². The number of halogens is 1. The molecule has 0 saturated carbocycles. The van der Waals surface area contributed by atoms with E-state index in [1.807, 2.05) is 0 Å². The standard InChI is InChI=1S/C17H15FN2O3S/c1-20-10-16(14-7-6-12(18)9-15(14)17(20)21)11-4-3-5-13(8-11)19-24(2,22)23/h3-10,19H,1-2H3. The highest BCUT2D eigenvalue weighted by molar-refractivity contribution is 7.92. The molecule has 1 N–H and O–H groups in total. The summed E-state index contributed by atoms with van der Waals surface area (Å²) in [6.07, 6.45) is 2.73. The molecule has 24 heavy (non-hydrogen) atoms. The van der Waals surface area contributed by atoms with Crippen molar-refractivity contribution in [3.63, 3.8) is 0 Å². The van der Waals surface area contributed by atoms with Gasteiger partial charge < -0.3 is 4.57 Å². The average molecular weight is 346 g/mol. The molecule has 0 bridgehead atoms. The van der Waals surface area contributed by atoms with Gasteiger partial charge >= 0.3 is 0 Å². The van der Waals surface area contributed by atoms with Crippen LogP contribution in [0.5, 0.6) is 0 Å². The van der Waals surface area contributed by atoms with Gasteiger partial charge in [0, 0.05) is 24.5 Å². The molecule has 1 heterocycles. The fraction of sp³-hybridized carbons (Fsp3) is 0.118. The Bertz CT molecular complexity index is 1100. The molecule has 0 radical (unpaired) electrons. The van der Waals surface area contributed by atoms with Gasteiger partial charge in [-0.1, -0.05) is 18.2 Å². The quantitative estimate of drug-likeness (QED) is 0.793. The number of pyridine rings is 1. The highest BCUT2D eigenvalue weighted by atomic mass is 32.2. The molecular weight excluding hydrogens is 331 g/mol. The van der Waals surface area contributed by atoms with Crippen LogP contribution >= 0.6 is 0 Å². The maximum atomic E-state index is 13.5. The number of sulfonamides is 1. The van der Waals surface area contributed by atoms with Crippen molar-refractivity contribution in [2.75, 3.05) is 11.0 Å². The Kier molecular flexibility index (Phi) is 3.88. The van der Waals surface area contributed by atoms with Crippen LogP contribution in [0.15, 0.2) is 53.5 Å². The molecule has 1 aromatic heterocycles. The Hall–Kier alpha value is -2.67. The third-order valence-electron chi connectivity index (χ3n) is 3.62. The van der Waals surface area contributed by atoms with Crippen molar-refractivity contribution >= 4 is 26.5 Å². The van der Waals surface area contributed by atoms with Crippen molar-refractivity contribution in [2.45, 2.75) is 0 Å². The Morgan fingerprint density at radius 2 is 1.83 bits per heavy atom. The molecule has 0 aliphatic carbocycles. The van der Waals surface area contributed by atoms with Gasteiger partial charge in [0.15, 0.2) is 0 Å². The van der Waals surface area contributed by atoms with Crippen LogP contribution in [0.25, 0.3) is 21.9 Å².